The summed E-state index contributed by atoms with van der Waals surface area (Å²) in [6, 6.07) is 6.39. The Hall–Kier alpha value is -0.850. The Morgan fingerprint density at radius 1 is 1.38 bits per heavy atom. The molecule has 0 radical (unpaired) electrons. The number of rotatable bonds is 5. The van der Waals surface area contributed by atoms with E-state index in [4.69, 9.17) is 22.2 Å². The maximum absolute atomic E-state index is 6.12. The molecular formula is C15H23ClN4O. The van der Waals surface area contributed by atoms with E-state index in [1.807, 2.05) is 18.2 Å². The average Bonchev–Trinajstić information content (AvgIpc) is 2.54. The number of hydrogen-bond donors (Lipinski definition) is 2. The number of methoxy groups -OCH3 is 1. The Labute approximate surface area is 131 Å². The van der Waals surface area contributed by atoms with Gasteiger partial charge in [-0.3, -0.25) is 21.1 Å². The lowest BCUT2D eigenvalue weighted by Gasteiger charge is -2.50. The van der Waals surface area contributed by atoms with Gasteiger partial charge in [0.1, 0.15) is 5.75 Å². The molecule has 3 saturated heterocycles. The summed E-state index contributed by atoms with van der Waals surface area (Å²) in [6.07, 6.45) is 0.815. The summed E-state index contributed by atoms with van der Waals surface area (Å²) in [5.74, 6) is 6.72. The van der Waals surface area contributed by atoms with E-state index in [-0.39, 0.29) is 6.04 Å². The maximum atomic E-state index is 6.12. The molecule has 3 heterocycles. The van der Waals surface area contributed by atoms with Gasteiger partial charge >= 0.3 is 0 Å². The zero-order valence-electron chi connectivity index (χ0n) is 12.4. The second kappa shape index (κ2) is 6.50. The highest BCUT2D eigenvalue weighted by Gasteiger charge is 2.36. The lowest BCUT2D eigenvalue weighted by molar-refractivity contribution is -0.00321. The molecule has 0 amide bonds. The Kier molecular flexibility index (Phi) is 4.66. The van der Waals surface area contributed by atoms with E-state index in [9.17, 15) is 0 Å². The van der Waals surface area contributed by atoms with Crippen LogP contribution in [0, 0.1) is 0 Å². The van der Waals surface area contributed by atoms with Crippen LogP contribution in [-0.2, 0) is 6.42 Å². The van der Waals surface area contributed by atoms with Crippen LogP contribution in [0.5, 0.6) is 5.75 Å². The Morgan fingerprint density at radius 2 is 2.14 bits per heavy atom. The van der Waals surface area contributed by atoms with Crippen LogP contribution in [0.1, 0.15) is 5.56 Å². The van der Waals surface area contributed by atoms with Crippen molar-refractivity contribution in [1.29, 1.82) is 0 Å². The molecular weight excluding hydrogens is 288 g/mol. The second-order valence-electron chi connectivity index (χ2n) is 5.84. The van der Waals surface area contributed by atoms with Gasteiger partial charge in [0.25, 0.3) is 0 Å². The predicted molar refractivity (Wildman–Crippen MR) is 84.6 cm³/mol. The second-order valence-corrected chi connectivity index (χ2v) is 6.27. The predicted octanol–water partition coefficient (Wildman–Crippen LogP) is 0.723. The molecule has 0 saturated carbocycles. The van der Waals surface area contributed by atoms with Gasteiger partial charge in [-0.1, -0.05) is 11.6 Å². The summed E-state index contributed by atoms with van der Waals surface area (Å²) in [5, 5.41) is 0.732. The molecule has 0 aliphatic carbocycles. The van der Waals surface area contributed by atoms with Crippen LogP contribution in [0.4, 0.5) is 0 Å². The number of hydrogen-bond acceptors (Lipinski definition) is 5. The standard InChI is InChI=1S/C15H23ClN4O/c1-21-15-3-2-12(16)8-11(15)9-13(18-17)14-10-19-4-6-20(14)7-5-19/h2-3,8,13-14,18H,4-7,9-10,17H2,1H3. The molecule has 5 nitrogen and oxygen atoms in total. The molecule has 3 aliphatic rings. The van der Waals surface area contributed by atoms with Gasteiger partial charge in [0.15, 0.2) is 0 Å². The van der Waals surface area contributed by atoms with E-state index in [2.05, 4.69) is 15.2 Å². The fourth-order valence-corrected chi connectivity index (χ4v) is 3.68. The number of nitrogens with two attached hydrogens (primary N) is 1. The molecule has 6 heteroatoms. The largest absolute Gasteiger partial charge is 0.496 e. The highest BCUT2D eigenvalue weighted by atomic mass is 35.5. The van der Waals surface area contributed by atoms with Crippen molar-refractivity contribution >= 4 is 11.6 Å². The van der Waals surface area contributed by atoms with Gasteiger partial charge < -0.3 is 4.74 Å². The third-order valence-corrected chi connectivity index (χ3v) is 4.92. The van der Waals surface area contributed by atoms with Crippen molar-refractivity contribution in [2.24, 2.45) is 5.84 Å². The molecule has 4 rings (SSSR count). The minimum atomic E-state index is 0.195. The first-order valence-electron chi connectivity index (χ1n) is 7.46. The molecule has 116 valence electrons. The molecule has 0 aromatic heterocycles. The van der Waals surface area contributed by atoms with E-state index in [1.165, 1.54) is 13.1 Å². The maximum Gasteiger partial charge on any atom is 0.122 e. The quantitative estimate of drug-likeness (QED) is 0.620. The van der Waals surface area contributed by atoms with E-state index in [0.717, 1.165) is 42.4 Å². The average molecular weight is 311 g/mol. The monoisotopic (exact) mass is 310 g/mol. The fraction of sp³-hybridized carbons (Fsp3) is 0.600. The number of halogens is 1. The van der Waals surface area contributed by atoms with Crippen molar-refractivity contribution in [1.82, 2.24) is 15.2 Å². The van der Waals surface area contributed by atoms with Crippen LogP contribution < -0.4 is 16.0 Å². The zero-order chi connectivity index (χ0) is 14.8. The number of nitrogens with one attached hydrogen (secondary N) is 1. The number of nitrogens with zero attached hydrogens (tertiary/aromatic N) is 2. The Morgan fingerprint density at radius 3 is 2.71 bits per heavy atom. The van der Waals surface area contributed by atoms with Crippen LogP contribution in [-0.4, -0.2) is 61.7 Å². The summed E-state index contributed by atoms with van der Waals surface area (Å²) >= 11 is 6.12. The molecule has 3 aliphatic heterocycles. The SMILES string of the molecule is COc1ccc(Cl)cc1CC(NN)C1CN2CCN1CC2. The summed E-state index contributed by atoms with van der Waals surface area (Å²) in [7, 11) is 1.69. The number of ether oxygens (including phenoxy) is 1. The molecule has 1 aromatic carbocycles. The molecule has 3 fully saturated rings. The molecule has 2 bridgehead atoms. The van der Waals surface area contributed by atoms with Gasteiger partial charge in [-0.25, -0.2) is 0 Å². The topological polar surface area (TPSA) is 53.8 Å². The van der Waals surface area contributed by atoms with Gasteiger partial charge in [0.05, 0.1) is 7.11 Å². The van der Waals surface area contributed by atoms with Crippen molar-refractivity contribution in [3.8, 4) is 5.75 Å². The van der Waals surface area contributed by atoms with Gasteiger partial charge in [0.2, 0.25) is 0 Å². The van der Waals surface area contributed by atoms with Crippen molar-refractivity contribution in [3.05, 3.63) is 28.8 Å². The first kappa shape index (κ1) is 15.1. The van der Waals surface area contributed by atoms with Crippen LogP contribution in [0.2, 0.25) is 5.02 Å². The summed E-state index contributed by atoms with van der Waals surface area (Å²) in [6.45, 7) is 5.70. The number of fused-ring (bicyclic) bond motifs is 3. The van der Waals surface area contributed by atoms with E-state index < -0.39 is 0 Å². The number of piperazine rings is 3. The lowest BCUT2D eigenvalue weighted by Crippen LogP contribution is -2.67. The van der Waals surface area contributed by atoms with E-state index >= 15 is 0 Å². The van der Waals surface area contributed by atoms with Crippen LogP contribution in [0.15, 0.2) is 18.2 Å². The highest BCUT2D eigenvalue weighted by Crippen LogP contribution is 2.26. The van der Waals surface area contributed by atoms with Gasteiger partial charge in [-0.05, 0) is 30.2 Å². The van der Waals surface area contributed by atoms with Crippen molar-refractivity contribution in [2.45, 2.75) is 18.5 Å². The normalized spacial score (nSPS) is 29.4. The molecule has 2 atom stereocenters. The summed E-state index contributed by atoms with van der Waals surface area (Å²) < 4.78 is 5.44. The zero-order valence-corrected chi connectivity index (χ0v) is 13.1. The molecule has 1 aromatic rings. The van der Waals surface area contributed by atoms with Gasteiger partial charge in [-0.15, -0.1) is 0 Å². The third-order valence-electron chi connectivity index (χ3n) is 4.68. The first-order valence-corrected chi connectivity index (χ1v) is 7.84. The Bertz CT molecular complexity index is 491. The van der Waals surface area contributed by atoms with Gasteiger partial charge in [-0.2, -0.15) is 0 Å². The minimum absolute atomic E-state index is 0.195. The van der Waals surface area contributed by atoms with Crippen LogP contribution >= 0.6 is 11.6 Å². The minimum Gasteiger partial charge on any atom is -0.496 e. The van der Waals surface area contributed by atoms with Crippen molar-refractivity contribution in [2.75, 3.05) is 39.8 Å². The van der Waals surface area contributed by atoms with Gasteiger partial charge in [0, 0.05) is 49.8 Å². The van der Waals surface area contributed by atoms with Crippen molar-refractivity contribution < 1.29 is 4.74 Å². The summed E-state index contributed by atoms with van der Waals surface area (Å²) in [5.41, 5.74) is 4.11. The number of benzene rings is 1. The third kappa shape index (κ3) is 3.17. The molecule has 21 heavy (non-hydrogen) atoms. The molecule has 2 unspecified atom stereocenters. The molecule has 3 N–H and O–H groups in total. The summed E-state index contributed by atoms with van der Waals surface area (Å²) in [4.78, 5) is 5.06. The van der Waals surface area contributed by atoms with Crippen LogP contribution in [0.3, 0.4) is 0 Å². The Balaban J connectivity index is 1.77. The molecule has 0 spiro atoms. The van der Waals surface area contributed by atoms with Crippen molar-refractivity contribution in [3.63, 3.8) is 0 Å². The van der Waals surface area contributed by atoms with Crippen LogP contribution in [0.25, 0.3) is 0 Å². The number of hydrazine groups is 1. The first-order chi connectivity index (χ1) is 10.2. The van der Waals surface area contributed by atoms with E-state index in [0.29, 0.717) is 6.04 Å². The fourth-order valence-electron chi connectivity index (χ4n) is 3.49. The van der Waals surface area contributed by atoms with E-state index in [1.54, 1.807) is 7.11 Å². The highest BCUT2D eigenvalue weighted by molar-refractivity contribution is 6.30. The smallest absolute Gasteiger partial charge is 0.122 e. The lowest BCUT2D eigenvalue weighted by atomic mass is 9.94.